The fraction of sp³-hybridized carbons (Fsp3) is 0.148. The fourth-order valence-electron chi connectivity index (χ4n) is 4.57. The Hall–Kier alpha value is -3.34. The molecule has 32 heavy (non-hydrogen) atoms. The molecule has 0 amide bonds. The second-order valence-electron chi connectivity index (χ2n) is 8.01. The van der Waals surface area contributed by atoms with Crippen LogP contribution in [0.4, 0.5) is 0 Å². The summed E-state index contributed by atoms with van der Waals surface area (Å²) in [6.45, 7) is 0. The third-order valence-electron chi connectivity index (χ3n) is 6.07. The molecule has 1 aliphatic rings. The molecule has 1 aliphatic carbocycles. The third-order valence-corrected chi connectivity index (χ3v) is 6.07. The van der Waals surface area contributed by atoms with Crippen molar-refractivity contribution >= 4 is 29.1 Å². The molecule has 0 fully saturated rings. The molecule has 0 heterocycles. The minimum Gasteiger partial charge on any atom is -0.481 e. The average molecular weight is 446 g/mol. The number of hydrogen-bond acceptors (Lipinski definition) is 3. The molecule has 5 heteroatoms. The number of aliphatic carboxylic acids is 1. The van der Waals surface area contributed by atoms with Crippen LogP contribution in [0.25, 0.3) is 21.9 Å². The van der Waals surface area contributed by atoms with Gasteiger partial charge >= 0.3 is 5.97 Å². The van der Waals surface area contributed by atoms with Crippen molar-refractivity contribution < 1.29 is 14.6 Å². The molecular weight excluding hydrogens is 422 g/mol. The van der Waals surface area contributed by atoms with Gasteiger partial charge in [0.2, 0.25) is 0 Å². The number of nitrogens with two attached hydrogens (primary N) is 1. The van der Waals surface area contributed by atoms with Crippen molar-refractivity contribution in [1.29, 1.82) is 0 Å². The molecule has 0 spiro atoms. The highest BCUT2D eigenvalue weighted by atomic mass is 35.5. The largest absolute Gasteiger partial charge is 0.481 e. The maximum Gasteiger partial charge on any atom is 0.312 e. The van der Waals surface area contributed by atoms with Crippen LogP contribution >= 0.6 is 12.4 Å². The summed E-state index contributed by atoms with van der Waals surface area (Å²) in [6, 6.07) is 27.8. The zero-order valence-electron chi connectivity index (χ0n) is 17.4. The Bertz CT molecular complexity index is 1270. The van der Waals surface area contributed by atoms with Gasteiger partial charge in [-0.05, 0) is 58.7 Å². The molecule has 3 N–H and O–H groups in total. The van der Waals surface area contributed by atoms with Crippen molar-refractivity contribution in [2.24, 2.45) is 5.73 Å². The van der Waals surface area contributed by atoms with Crippen molar-refractivity contribution in [3.63, 3.8) is 0 Å². The Morgan fingerprint density at radius 1 is 0.938 bits per heavy atom. The molecule has 5 rings (SSSR count). The number of benzene rings is 4. The highest BCUT2D eigenvalue weighted by Crippen LogP contribution is 2.39. The number of halogens is 1. The van der Waals surface area contributed by atoms with Gasteiger partial charge in [0.1, 0.15) is 11.5 Å². The zero-order valence-corrected chi connectivity index (χ0v) is 18.2. The van der Waals surface area contributed by atoms with E-state index in [2.05, 4.69) is 30.3 Å². The smallest absolute Gasteiger partial charge is 0.312 e. The van der Waals surface area contributed by atoms with Crippen LogP contribution in [0.2, 0.25) is 0 Å². The fourth-order valence-corrected chi connectivity index (χ4v) is 4.57. The summed E-state index contributed by atoms with van der Waals surface area (Å²) in [6.07, 6.45) is 1.46. The van der Waals surface area contributed by atoms with E-state index < -0.39 is 11.9 Å². The summed E-state index contributed by atoms with van der Waals surface area (Å²) in [5.74, 6) is -0.236. The van der Waals surface area contributed by atoms with Crippen LogP contribution in [0.5, 0.6) is 11.5 Å². The number of ether oxygens (including phenoxy) is 1. The first-order chi connectivity index (χ1) is 15.1. The lowest BCUT2D eigenvalue weighted by Crippen LogP contribution is -2.37. The SMILES string of the molecule is Cl.NC1CCc2ccc(Oc3cccc4cccc(-c5ccccc5)c34)cc2C1C(=O)O. The second kappa shape index (κ2) is 9.03. The van der Waals surface area contributed by atoms with E-state index in [0.29, 0.717) is 12.2 Å². The summed E-state index contributed by atoms with van der Waals surface area (Å²) in [5.41, 5.74) is 10.1. The number of fused-ring (bicyclic) bond motifs is 2. The molecule has 2 unspecified atom stereocenters. The van der Waals surface area contributed by atoms with Gasteiger partial charge in [0.05, 0.1) is 5.92 Å². The van der Waals surface area contributed by atoms with Gasteiger partial charge in [0, 0.05) is 11.4 Å². The van der Waals surface area contributed by atoms with Gasteiger partial charge in [0.25, 0.3) is 0 Å². The van der Waals surface area contributed by atoms with Gasteiger partial charge in [-0.3, -0.25) is 4.79 Å². The van der Waals surface area contributed by atoms with E-state index in [1.807, 2.05) is 54.6 Å². The van der Waals surface area contributed by atoms with Crippen LogP contribution in [0.3, 0.4) is 0 Å². The van der Waals surface area contributed by atoms with Crippen molar-refractivity contribution in [2.75, 3.05) is 0 Å². The van der Waals surface area contributed by atoms with Crippen molar-refractivity contribution in [2.45, 2.75) is 24.8 Å². The van der Waals surface area contributed by atoms with E-state index in [1.165, 1.54) is 0 Å². The van der Waals surface area contributed by atoms with Crippen LogP contribution in [0, 0.1) is 0 Å². The van der Waals surface area contributed by atoms with E-state index in [-0.39, 0.29) is 18.4 Å². The van der Waals surface area contributed by atoms with E-state index in [0.717, 1.165) is 45.2 Å². The standard InChI is InChI=1S/C27H23NO3.ClH/c28-23-15-13-18-12-14-20(16-22(18)26(23)27(29)30)31-24-11-5-9-19-8-4-10-21(25(19)24)17-6-2-1-3-7-17;/h1-12,14,16,23,26H,13,15,28H2,(H,29,30);1H. The Labute approximate surface area is 193 Å². The Morgan fingerprint density at radius 3 is 2.44 bits per heavy atom. The number of rotatable bonds is 4. The lowest BCUT2D eigenvalue weighted by atomic mass is 9.79. The minimum atomic E-state index is -0.887. The van der Waals surface area contributed by atoms with Gasteiger partial charge in [0.15, 0.2) is 0 Å². The maximum atomic E-state index is 11.9. The lowest BCUT2D eigenvalue weighted by Gasteiger charge is -2.28. The molecule has 0 radical (unpaired) electrons. The first-order valence-electron chi connectivity index (χ1n) is 10.5. The van der Waals surface area contributed by atoms with E-state index >= 15 is 0 Å². The molecule has 4 aromatic carbocycles. The Morgan fingerprint density at radius 2 is 1.69 bits per heavy atom. The average Bonchev–Trinajstić information content (AvgIpc) is 2.79. The molecular formula is C27H24ClNO3. The third kappa shape index (κ3) is 3.95. The summed E-state index contributed by atoms with van der Waals surface area (Å²) >= 11 is 0. The minimum absolute atomic E-state index is 0. The van der Waals surface area contributed by atoms with Crippen LogP contribution in [-0.4, -0.2) is 17.1 Å². The summed E-state index contributed by atoms with van der Waals surface area (Å²) in [7, 11) is 0. The first-order valence-corrected chi connectivity index (χ1v) is 10.5. The van der Waals surface area contributed by atoms with Gasteiger partial charge in [-0.15, -0.1) is 12.4 Å². The highest BCUT2D eigenvalue weighted by molar-refractivity contribution is 6.01. The summed E-state index contributed by atoms with van der Waals surface area (Å²) in [5, 5.41) is 11.8. The lowest BCUT2D eigenvalue weighted by molar-refractivity contribution is -0.139. The predicted octanol–water partition coefficient (Wildman–Crippen LogP) is 6.16. The molecule has 0 bridgehead atoms. The van der Waals surface area contributed by atoms with Gasteiger partial charge in [-0.25, -0.2) is 0 Å². The Kier molecular flexibility index (Phi) is 6.17. The van der Waals surface area contributed by atoms with Crippen LogP contribution in [0.1, 0.15) is 23.5 Å². The normalized spacial score (nSPS) is 17.3. The zero-order chi connectivity index (χ0) is 21.4. The monoisotopic (exact) mass is 445 g/mol. The molecule has 4 aromatic rings. The molecule has 2 atom stereocenters. The van der Waals surface area contributed by atoms with E-state index in [4.69, 9.17) is 10.5 Å². The van der Waals surface area contributed by atoms with Gasteiger partial charge < -0.3 is 15.6 Å². The number of carboxylic acids is 1. The molecule has 162 valence electrons. The van der Waals surface area contributed by atoms with Crippen LogP contribution in [-0.2, 0) is 11.2 Å². The molecule has 4 nitrogen and oxygen atoms in total. The highest BCUT2D eigenvalue weighted by Gasteiger charge is 2.33. The van der Waals surface area contributed by atoms with Crippen LogP contribution in [0.15, 0.2) is 84.9 Å². The molecule has 0 saturated carbocycles. The molecule has 0 aromatic heterocycles. The van der Waals surface area contributed by atoms with E-state index in [9.17, 15) is 9.90 Å². The van der Waals surface area contributed by atoms with Crippen molar-refractivity contribution in [3.05, 3.63) is 96.1 Å². The quantitative estimate of drug-likeness (QED) is 0.394. The van der Waals surface area contributed by atoms with Crippen LogP contribution < -0.4 is 10.5 Å². The maximum absolute atomic E-state index is 11.9. The number of hydrogen-bond donors (Lipinski definition) is 2. The molecule has 0 saturated heterocycles. The number of carbonyl (C=O) groups is 1. The molecule has 0 aliphatic heterocycles. The summed E-state index contributed by atoms with van der Waals surface area (Å²) < 4.78 is 6.35. The van der Waals surface area contributed by atoms with E-state index in [1.54, 1.807) is 0 Å². The van der Waals surface area contributed by atoms with Gasteiger partial charge in [-0.1, -0.05) is 66.7 Å². The van der Waals surface area contributed by atoms with Crippen molar-refractivity contribution in [3.8, 4) is 22.6 Å². The van der Waals surface area contributed by atoms with Crippen molar-refractivity contribution in [1.82, 2.24) is 0 Å². The number of carboxylic acid groups (broad SMARTS) is 1. The Balaban J connectivity index is 0.00000245. The van der Waals surface area contributed by atoms with Gasteiger partial charge in [-0.2, -0.15) is 0 Å². The second-order valence-corrected chi connectivity index (χ2v) is 8.01. The predicted molar refractivity (Wildman–Crippen MR) is 130 cm³/mol. The summed E-state index contributed by atoms with van der Waals surface area (Å²) in [4.78, 5) is 11.9. The topological polar surface area (TPSA) is 72.5 Å². The first kappa shape index (κ1) is 21.9. The number of aryl methyl sites for hydroxylation is 1.